The Morgan fingerprint density at radius 3 is 1.68 bits per heavy atom. The number of rotatable bonds is 24. The number of Topliss-reactive ketones (excluding diaryl/α,β-unsaturated/α-hetero) is 1. The van der Waals surface area contributed by atoms with Gasteiger partial charge in [-0.15, -0.1) is 0 Å². The van der Waals surface area contributed by atoms with E-state index in [1.165, 1.54) is 6.92 Å². The average molecular weight is 544 g/mol. The van der Waals surface area contributed by atoms with Gasteiger partial charge in [0.05, 0.1) is 0 Å². The van der Waals surface area contributed by atoms with Crippen LogP contribution < -0.4 is 16.4 Å². The molecule has 0 aromatic heterocycles. The molecule has 12 nitrogen and oxygen atoms in total. The van der Waals surface area contributed by atoms with Gasteiger partial charge in [-0.25, -0.2) is 10.1 Å². The van der Waals surface area contributed by atoms with Crippen LogP contribution in [-0.4, -0.2) is 82.7 Å². The Labute approximate surface area is 226 Å². The van der Waals surface area contributed by atoms with E-state index in [0.29, 0.717) is 61.9 Å². The Hall–Kier alpha value is -2.57. The largest absolute Gasteiger partial charge is 0.356 e. The Kier molecular flexibility index (Phi) is 21.9. The molecule has 0 bridgehead atoms. The summed E-state index contributed by atoms with van der Waals surface area (Å²) < 4.78 is 0. The van der Waals surface area contributed by atoms with Crippen molar-refractivity contribution in [2.24, 2.45) is 5.73 Å². The molecule has 0 aliphatic heterocycles. The summed E-state index contributed by atoms with van der Waals surface area (Å²) in [6.07, 6.45) is 8.45. The quantitative estimate of drug-likeness (QED) is 0.0696. The molecule has 0 aromatic carbocycles. The SMILES string of the molecule is CC(=O)N(O)CCCCCNC(=O)CCC(=O)N(O)CCCCCCC(=O)CCC(=O)NCCCCCN. The van der Waals surface area contributed by atoms with Crippen molar-refractivity contribution in [2.75, 3.05) is 32.7 Å². The van der Waals surface area contributed by atoms with Crippen LogP contribution in [0.3, 0.4) is 0 Å². The van der Waals surface area contributed by atoms with Crippen molar-refractivity contribution in [2.45, 2.75) is 103 Å². The molecule has 6 N–H and O–H groups in total. The maximum absolute atomic E-state index is 12.0. The fourth-order valence-corrected chi connectivity index (χ4v) is 3.59. The maximum atomic E-state index is 12.0. The minimum atomic E-state index is -0.514. The van der Waals surface area contributed by atoms with Gasteiger partial charge in [0.2, 0.25) is 23.6 Å². The fourth-order valence-electron chi connectivity index (χ4n) is 3.59. The lowest BCUT2D eigenvalue weighted by molar-refractivity contribution is -0.166. The number of ketones is 1. The van der Waals surface area contributed by atoms with Gasteiger partial charge >= 0.3 is 0 Å². The van der Waals surface area contributed by atoms with Crippen LogP contribution >= 0.6 is 0 Å². The molecule has 0 saturated heterocycles. The average Bonchev–Trinajstić information content (AvgIpc) is 2.89. The minimum Gasteiger partial charge on any atom is -0.356 e. The number of nitrogens with zero attached hydrogens (tertiary/aromatic N) is 2. The number of hydroxylamine groups is 4. The summed E-state index contributed by atoms with van der Waals surface area (Å²) in [5, 5.41) is 25.9. The van der Waals surface area contributed by atoms with Crippen molar-refractivity contribution in [1.82, 2.24) is 20.8 Å². The fraction of sp³-hybridized carbons (Fsp3) is 0.808. The number of hydrogen-bond donors (Lipinski definition) is 5. The highest BCUT2D eigenvalue weighted by atomic mass is 16.5. The standard InChI is InChI=1S/C26H49N5O7/c1-22(32)30(37)20-11-5-9-19-29-25(35)15-16-26(36)31(38)21-10-3-2-6-12-23(33)13-14-24(34)28-18-8-4-7-17-27/h37-38H,2-21,27H2,1H3,(H,28,34)(H,29,35). The van der Waals surface area contributed by atoms with Gasteiger partial charge in [-0.2, -0.15) is 0 Å². The topological polar surface area (TPSA) is 182 Å². The number of amides is 4. The van der Waals surface area contributed by atoms with E-state index in [2.05, 4.69) is 10.6 Å². The molecule has 0 spiro atoms. The molecule has 0 saturated carbocycles. The molecular weight excluding hydrogens is 494 g/mol. The van der Waals surface area contributed by atoms with Crippen LogP contribution in [0.25, 0.3) is 0 Å². The minimum absolute atomic E-state index is 0.0148. The molecule has 0 aromatic rings. The van der Waals surface area contributed by atoms with Gasteiger partial charge < -0.3 is 16.4 Å². The van der Waals surface area contributed by atoms with Gasteiger partial charge in [-0.3, -0.25) is 34.4 Å². The summed E-state index contributed by atoms with van der Waals surface area (Å²) >= 11 is 0. The summed E-state index contributed by atoms with van der Waals surface area (Å²) in [4.78, 5) is 58.4. The number of carbonyl (C=O) groups is 5. The zero-order valence-corrected chi connectivity index (χ0v) is 23.0. The van der Waals surface area contributed by atoms with Crippen LogP contribution in [0.1, 0.15) is 103 Å². The summed E-state index contributed by atoms with van der Waals surface area (Å²) in [6.45, 7) is 3.40. The molecule has 0 aliphatic rings. The van der Waals surface area contributed by atoms with Crippen molar-refractivity contribution < 1.29 is 34.4 Å². The number of nitrogens with one attached hydrogen (secondary N) is 2. The Morgan fingerprint density at radius 1 is 0.605 bits per heavy atom. The van der Waals surface area contributed by atoms with E-state index in [9.17, 15) is 34.4 Å². The van der Waals surface area contributed by atoms with Crippen molar-refractivity contribution in [3.8, 4) is 0 Å². The monoisotopic (exact) mass is 543 g/mol. The molecule has 0 unspecified atom stereocenters. The predicted octanol–water partition coefficient (Wildman–Crippen LogP) is 2.05. The van der Waals surface area contributed by atoms with E-state index in [4.69, 9.17) is 5.73 Å². The predicted molar refractivity (Wildman–Crippen MR) is 142 cm³/mol. The first-order valence-electron chi connectivity index (χ1n) is 13.9. The van der Waals surface area contributed by atoms with Crippen LogP contribution in [0.15, 0.2) is 0 Å². The lowest BCUT2D eigenvalue weighted by Gasteiger charge is -2.15. The molecule has 0 radical (unpaired) electrons. The third-order valence-corrected chi connectivity index (χ3v) is 6.00. The van der Waals surface area contributed by atoms with Crippen LogP contribution in [0, 0.1) is 0 Å². The Bertz CT molecular complexity index is 705. The van der Waals surface area contributed by atoms with Gasteiger partial charge in [0, 0.05) is 65.2 Å². The zero-order valence-electron chi connectivity index (χ0n) is 23.0. The van der Waals surface area contributed by atoms with Crippen LogP contribution in [-0.2, 0) is 24.0 Å². The van der Waals surface area contributed by atoms with Gasteiger partial charge in [0.25, 0.3) is 0 Å². The second-order valence-corrected chi connectivity index (χ2v) is 9.47. The van der Waals surface area contributed by atoms with Gasteiger partial charge in [0.15, 0.2) is 0 Å². The van der Waals surface area contributed by atoms with E-state index >= 15 is 0 Å². The molecule has 38 heavy (non-hydrogen) atoms. The van der Waals surface area contributed by atoms with Crippen LogP contribution in [0.4, 0.5) is 0 Å². The maximum Gasteiger partial charge on any atom is 0.246 e. The molecule has 220 valence electrons. The molecule has 0 heterocycles. The van der Waals surface area contributed by atoms with Crippen LogP contribution in [0.5, 0.6) is 0 Å². The first kappa shape index (κ1) is 35.4. The van der Waals surface area contributed by atoms with Crippen molar-refractivity contribution in [1.29, 1.82) is 0 Å². The van der Waals surface area contributed by atoms with Gasteiger partial charge in [-0.1, -0.05) is 19.3 Å². The molecule has 0 fully saturated rings. The van der Waals surface area contributed by atoms with E-state index in [1.54, 1.807) is 0 Å². The number of unbranched alkanes of at least 4 members (excludes halogenated alkanes) is 7. The Morgan fingerprint density at radius 2 is 1.11 bits per heavy atom. The molecule has 12 heteroatoms. The van der Waals surface area contributed by atoms with Gasteiger partial charge in [0.1, 0.15) is 5.78 Å². The van der Waals surface area contributed by atoms with Crippen LogP contribution in [0.2, 0.25) is 0 Å². The molecule has 0 rings (SSSR count). The highest BCUT2D eigenvalue weighted by molar-refractivity contribution is 5.85. The van der Waals surface area contributed by atoms with E-state index < -0.39 is 11.8 Å². The number of carbonyl (C=O) groups excluding carboxylic acids is 5. The van der Waals surface area contributed by atoms with E-state index in [1.807, 2.05) is 0 Å². The second kappa shape index (κ2) is 23.5. The highest BCUT2D eigenvalue weighted by Gasteiger charge is 2.13. The molecular formula is C26H49N5O7. The summed E-state index contributed by atoms with van der Waals surface area (Å²) in [6, 6.07) is 0. The van der Waals surface area contributed by atoms with Crippen molar-refractivity contribution >= 4 is 29.4 Å². The van der Waals surface area contributed by atoms with E-state index in [0.717, 1.165) is 38.5 Å². The normalized spacial score (nSPS) is 10.6. The summed E-state index contributed by atoms with van der Waals surface area (Å²) in [5.74, 6) is -1.24. The van der Waals surface area contributed by atoms with Crippen molar-refractivity contribution in [3.63, 3.8) is 0 Å². The third kappa shape index (κ3) is 21.5. The summed E-state index contributed by atoms with van der Waals surface area (Å²) in [7, 11) is 0. The molecule has 4 amide bonds. The highest BCUT2D eigenvalue weighted by Crippen LogP contribution is 2.08. The lowest BCUT2D eigenvalue weighted by atomic mass is 10.1. The number of nitrogens with two attached hydrogens (primary N) is 1. The molecule has 0 aliphatic carbocycles. The first-order valence-corrected chi connectivity index (χ1v) is 13.9. The third-order valence-electron chi connectivity index (χ3n) is 6.00. The smallest absolute Gasteiger partial charge is 0.246 e. The summed E-state index contributed by atoms with van der Waals surface area (Å²) in [5.41, 5.74) is 5.42. The Balaban J connectivity index is 3.68. The van der Waals surface area contributed by atoms with Gasteiger partial charge in [-0.05, 0) is 51.5 Å². The van der Waals surface area contributed by atoms with E-state index in [-0.39, 0.29) is 56.4 Å². The lowest BCUT2D eigenvalue weighted by Crippen LogP contribution is -2.31. The first-order chi connectivity index (χ1) is 18.2. The zero-order chi connectivity index (χ0) is 28.6. The molecule has 0 atom stereocenters. The second-order valence-electron chi connectivity index (χ2n) is 9.47. The van der Waals surface area contributed by atoms with Crippen molar-refractivity contribution in [3.05, 3.63) is 0 Å². The number of hydrogen-bond acceptors (Lipinski definition) is 8.